The van der Waals surface area contributed by atoms with Gasteiger partial charge in [0, 0.05) is 18.8 Å². The summed E-state index contributed by atoms with van der Waals surface area (Å²) >= 11 is 0. The second kappa shape index (κ2) is 5.91. The molecule has 0 aliphatic carbocycles. The third-order valence-electron chi connectivity index (χ3n) is 3.29. The Morgan fingerprint density at radius 3 is 3.22 bits per heavy atom. The van der Waals surface area contributed by atoms with Crippen molar-refractivity contribution in [3.8, 4) is 0 Å². The summed E-state index contributed by atoms with van der Waals surface area (Å²) in [4.78, 5) is 17.7. The third kappa shape index (κ3) is 3.04. The van der Waals surface area contributed by atoms with Gasteiger partial charge in [-0.25, -0.2) is 4.98 Å². The molecule has 1 amide bonds. The van der Waals surface area contributed by atoms with Crippen LogP contribution in [0, 0.1) is 5.95 Å². The van der Waals surface area contributed by atoms with Crippen LogP contribution in [0.1, 0.15) is 30.1 Å². The Morgan fingerprint density at radius 2 is 2.50 bits per heavy atom. The number of hydrogen-bond acceptors (Lipinski definition) is 3. The quantitative estimate of drug-likeness (QED) is 0.827. The van der Waals surface area contributed by atoms with Crippen LogP contribution in [0.3, 0.4) is 0 Å². The zero-order valence-electron chi connectivity index (χ0n) is 10.5. The molecule has 1 fully saturated rings. The molecule has 1 saturated heterocycles. The average molecular weight is 251 g/mol. The van der Waals surface area contributed by atoms with Crippen molar-refractivity contribution in [3.05, 3.63) is 29.8 Å². The lowest BCUT2D eigenvalue weighted by Gasteiger charge is -2.32. The lowest BCUT2D eigenvalue weighted by atomic mass is 10.1. The van der Waals surface area contributed by atoms with Crippen molar-refractivity contribution >= 4 is 5.91 Å². The van der Waals surface area contributed by atoms with Gasteiger partial charge in [0.15, 0.2) is 0 Å². The van der Waals surface area contributed by atoms with Crippen molar-refractivity contribution in [1.29, 1.82) is 0 Å². The van der Waals surface area contributed by atoms with Gasteiger partial charge in [-0.3, -0.25) is 4.79 Å². The smallest absolute Gasteiger partial charge is 0.256 e. The molecule has 98 valence electrons. The average Bonchev–Trinajstić information content (AvgIpc) is 2.39. The summed E-state index contributed by atoms with van der Waals surface area (Å²) in [5, 5.41) is 2.88. The number of rotatable bonds is 3. The first-order valence-corrected chi connectivity index (χ1v) is 6.34. The molecule has 4 nitrogen and oxygen atoms in total. The Morgan fingerprint density at radius 1 is 1.67 bits per heavy atom. The van der Waals surface area contributed by atoms with Gasteiger partial charge in [-0.1, -0.05) is 6.92 Å². The Kier molecular flexibility index (Phi) is 4.25. The molecule has 1 N–H and O–H groups in total. The summed E-state index contributed by atoms with van der Waals surface area (Å²) in [5.41, 5.74) is 0.0196. The fourth-order valence-corrected chi connectivity index (χ4v) is 2.28. The molecule has 0 saturated carbocycles. The highest BCUT2D eigenvalue weighted by atomic mass is 19.1. The molecule has 1 aromatic heterocycles. The highest BCUT2D eigenvalue weighted by molar-refractivity contribution is 5.94. The number of nitrogens with zero attached hydrogens (tertiary/aromatic N) is 2. The van der Waals surface area contributed by atoms with Gasteiger partial charge in [0.1, 0.15) is 0 Å². The van der Waals surface area contributed by atoms with Crippen LogP contribution in [0.15, 0.2) is 18.3 Å². The zero-order chi connectivity index (χ0) is 13.0. The summed E-state index contributed by atoms with van der Waals surface area (Å²) in [6.07, 6.45) is 3.35. The number of likely N-dealkylation sites (tertiary alicyclic amines) is 1. The summed E-state index contributed by atoms with van der Waals surface area (Å²) in [6, 6.07) is 3.13. The fraction of sp³-hybridized carbons (Fsp3) is 0.538. The lowest BCUT2D eigenvalue weighted by Crippen LogP contribution is -2.47. The molecule has 0 bridgehead atoms. The van der Waals surface area contributed by atoms with Crippen LogP contribution in [-0.2, 0) is 0 Å². The number of pyridine rings is 1. The number of halogens is 1. The second-order valence-electron chi connectivity index (χ2n) is 4.55. The van der Waals surface area contributed by atoms with E-state index in [0.29, 0.717) is 0 Å². The molecule has 0 spiro atoms. The highest BCUT2D eigenvalue weighted by Gasteiger charge is 2.22. The first kappa shape index (κ1) is 13.0. The largest absolute Gasteiger partial charge is 0.348 e. The van der Waals surface area contributed by atoms with E-state index >= 15 is 0 Å². The van der Waals surface area contributed by atoms with Crippen LogP contribution < -0.4 is 5.32 Å². The van der Waals surface area contributed by atoms with Gasteiger partial charge in [-0.2, -0.15) is 4.39 Å². The van der Waals surface area contributed by atoms with E-state index in [0.717, 1.165) is 32.5 Å². The Labute approximate surface area is 106 Å². The molecule has 18 heavy (non-hydrogen) atoms. The van der Waals surface area contributed by atoms with Crippen LogP contribution >= 0.6 is 0 Å². The molecule has 1 atom stereocenters. The minimum absolute atomic E-state index is 0.0196. The summed E-state index contributed by atoms with van der Waals surface area (Å²) in [6.45, 7) is 4.99. The van der Waals surface area contributed by atoms with Gasteiger partial charge in [0.05, 0.1) is 5.56 Å². The number of hydrogen-bond donors (Lipinski definition) is 1. The van der Waals surface area contributed by atoms with Crippen molar-refractivity contribution in [1.82, 2.24) is 15.2 Å². The van der Waals surface area contributed by atoms with Crippen LogP contribution in [0.5, 0.6) is 0 Å². The van der Waals surface area contributed by atoms with E-state index in [9.17, 15) is 9.18 Å². The number of likely N-dealkylation sites (N-methyl/N-ethyl adjacent to an activating group) is 1. The van der Waals surface area contributed by atoms with Crippen molar-refractivity contribution in [2.75, 3.05) is 19.6 Å². The van der Waals surface area contributed by atoms with Crippen LogP contribution in [0.4, 0.5) is 4.39 Å². The first-order valence-electron chi connectivity index (χ1n) is 6.34. The molecule has 1 aliphatic heterocycles. The number of nitrogens with one attached hydrogen (secondary N) is 1. The summed E-state index contributed by atoms with van der Waals surface area (Å²) in [5.74, 6) is -1.08. The van der Waals surface area contributed by atoms with Crippen molar-refractivity contribution in [2.45, 2.75) is 25.8 Å². The molecule has 2 rings (SSSR count). The standard InChI is InChI=1S/C13H18FN3O/c1-2-17-8-4-5-10(9-17)16-13(18)11-6-3-7-15-12(11)14/h3,6-7,10H,2,4-5,8-9H2,1H3,(H,16,18). The normalized spacial score (nSPS) is 20.7. The molecule has 2 heterocycles. The summed E-state index contributed by atoms with van der Waals surface area (Å²) < 4.78 is 13.4. The van der Waals surface area contributed by atoms with Gasteiger partial charge in [-0.15, -0.1) is 0 Å². The molecule has 1 aromatic rings. The molecule has 1 unspecified atom stereocenters. The number of aromatic nitrogens is 1. The van der Waals surface area contributed by atoms with Gasteiger partial charge in [-0.05, 0) is 38.1 Å². The molecular formula is C13H18FN3O. The van der Waals surface area contributed by atoms with Crippen LogP contribution in [0.2, 0.25) is 0 Å². The number of piperidine rings is 1. The van der Waals surface area contributed by atoms with Gasteiger partial charge in [0.25, 0.3) is 5.91 Å². The van der Waals surface area contributed by atoms with Gasteiger partial charge < -0.3 is 10.2 Å². The van der Waals surface area contributed by atoms with E-state index in [1.165, 1.54) is 12.3 Å². The van der Waals surface area contributed by atoms with Gasteiger partial charge >= 0.3 is 0 Å². The number of carbonyl (C=O) groups is 1. The third-order valence-corrected chi connectivity index (χ3v) is 3.29. The number of carbonyl (C=O) groups excluding carboxylic acids is 1. The maximum absolute atomic E-state index is 13.4. The van der Waals surface area contributed by atoms with Gasteiger partial charge in [0.2, 0.25) is 5.95 Å². The van der Waals surface area contributed by atoms with Crippen molar-refractivity contribution in [3.63, 3.8) is 0 Å². The monoisotopic (exact) mass is 251 g/mol. The molecule has 1 aliphatic rings. The fourth-order valence-electron chi connectivity index (χ4n) is 2.28. The Balaban J connectivity index is 1.97. The maximum Gasteiger partial charge on any atom is 0.256 e. The minimum atomic E-state index is -0.710. The van der Waals surface area contributed by atoms with E-state index < -0.39 is 5.95 Å². The van der Waals surface area contributed by atoms with E-state index in [2.05, 4.69) is 22.1 Å². The van der Waals surface area contributed by atoms with E-state index in [1.54, 1.807) is 6.07 Å². The number of amides is 1. The first-order chi connectivity index (χ1) is 8.70. The van der Waals surface area contributed by atoms with Crippen molar-refractivity contribution < 1.29 is 9.18 Å². The molecule has 0 aromatic carbocycles. The molecule has 5 heteroatoms. The zero-order valence-corrected chi connectivity index (χ0v) is 10.5. The van der Waals surface area contributed by atoms with Crippen LogP contribution in [-0.4, -0.2) is 41.5 Å². The topological polar surface area (TPSA) is 45.2 Å². The predicted molar refractivity (Wildman–Crippen MR) is 66.8 cm³/mol. The lowest BCUT2D eigenvalue weighted by molar-refractivity contribution is 0.0901. The van der Waals surface area contributed by atoms with E-state index in [1.807, 2.05) is 0 Å². The second-order valence-corrected chi connectivity index (χ2v) is 4.55. The Hall–Kier alpha value is -1.49. The molecular weight excluding hydrogens is 233 g/mol. The van der Waals surface area contributed by atoms with E-state index in [-0.39, 0.29) is 17.5 Å². The van der Waals surface area contributed by atoms with E-state index in [4.69, 9.17) is 0 Å². The molecule has 0 radical (unpaired) electrons. The SMILES string of the molecule is CCN1CCCC(NC(=O)c2cccnc2F)C1. The highest BCUT2D eigenvalue weighted by Crippen LogP contribution is 2.11. The van der Waals surface area contributed by atoms with Crippen LogP contribution in [0.25, 0.3) is 0 Å². The maximum atomic E-state index is 13.4. The van der Waals surface area contributed by atoms with Crippen molar-refractivity contribution in [2.24, 2.45) is 0 Å². The Bertz CT molecular complexity index is 424. The predicted octanol–water partition coefficient (Wildman–Crippen LogP) is 1.43. The minimum Gasteiger partial charge on any atom is -0.348 e. The summed E-state index contributed by atoms with van der Waals surface area (Å²) in [7, 11) is 0.